The molecule has 0 aliphatic heterocycles. The van der Waals surface area contributed by atoms with Crippen molar-refractivity contribution in [3.05, 3.63) is 29.3 Å². The Bertz CT molecular complexity index is 407. The number of nitrogens with one attached hydrogen (secondary N) is 1. The number of halogens is 1. The molecule has 2 atom stereocenters. The Morgan fingerprint density at radius 1 is 1.28 bits per heavy atom. The Morgan fingerprint density at radius 3 is 2.50 bits per heavy atom. The molecule has 1 rings (SSSR count). The van der Waals surface area contributed by atoms with E-state index in [4.69, 9.17) is 16.3 Å². The first-order valence-electron chi connectivity index (χ1n) is 6.12. The van der Waals surface area contributed by atoms with Gasteiger partial charge in [0.2, 0.25) is 0 Å². The van der Waals surface area contributed by atoms with E-state index in [2.05, 4.69) is 19.2 Å². The number of carbonyl (C=O) groups excluding carboxylic acids is 1. The number of carbonyl (C=O) groups is 1. The second-order valence-corrected chi connectivity index (χ2v) is 5.20. The summed E-state index contributed by atoms with van der Waals surface area (Å²) in [5.74, 6) is 0.880. The molecule has 0 heterocycles. The van der Waals surface area contributed by atoms with Gasteiger partial charge in [0, 0.05) is 11.1 Å². The highest BCUT2D eigenvalue weighted by atomic mass is 35.5. The fourth-order valence-electron chi connectivity index (χ4n) is 1.31. The van der Waals surface area contributed by atoms with Crippen LogP contribution in [0.25, 0.3) is 0 Å². The number of rotatable bonds is 5. The summed E-state index contributed by atoms with van der Waals surface area (Å²) in [5, 5.41) is 3.51. The van der Waals surface area contributed by atoms with Crippen LogP contribution in [0.5, 0.6) is 5.75 Å². The van der Waals surface area contributed by atoms with Crippen LogP contribution >= 0.6 is 11.6 Å². The molecule has 0 fully saturated rings. The third-order valence-electron chi connectivity index (χ3n) is 2.85. The molecule has 0 saturated heterocycles. The highest BCUT2D eigenvalue weighted by Crippen LogP contribution is 2.18. The van der Waals surface area contributed by atoms with Gasteiger partial charge in [-0.15, -0.1) is 0 Å². The lowest BCUT2D eigenvalue weighted by Crippen LogP contribution is -2.43. The molecule has 18 heavy (non-hydrogen) atoms. The molecule has 1 amide bonds. The van der Waals surface area contributed by atoms with Gasteiger partial charge in [-0.25, -0.2) is 0 Å². The molecule has 0 saturated carbocycles. The summed E-state index contributed by atoms with van der Waals surface area (Å²) in [6.07, 6.45) is -0.537. The van der Waals surface area contributed by atoms with Crippen LogP contribution in [0.2, 0.25) is 5.02 Å². The summed E-state index contributed by atoms with van der Waals surface area (Å²) < 4.78 is 5.54. The van der Waals surface area contributed by atoms with Crippen LogP contribution in [0.3, 0.4) is 0 Å². The fraction of sp³-hybridized carbons (Fsp3) is 0.500. The Labute approximate surface area is 113 Å². The molecule has 0 aliphatic rings. The van der Waals surface area contributed by atoms with Gasteiger partial charge >= 0.3 is 0 Å². The minimum absolute atomic E-state index is 0.115. The number of ether oxygens (including phenoxy) is 1. The average molecular weight is 270 g/mol. The summed E-state index contributed by atoms with van der Waals surface area (Å²) in [6, 6.07) is 7.15. The van der Waals surface area contributed by atoms with Crippen LogP contribution in [0.15, 0.2) is 24.3 Å². The number of hydrogen-bond donors (Lipinski definition) is 1. The van der Waals surface area contributed by atoms with Gasteiger partial charge in [0.05, 0.1) is 0 Å². The van der Waals surface area contributed by atoms with E-state index in [1.165, 1.54) is 0 Å². The molecular weight excluding hydrogens is 250 g/mol. The van der Waals surface area contributed by atoms with Crippen molar-refractivity contribution in [1.82, 2.24) is 5.32 Å². The van der Waals surface area contributed by atoms with Crippen LogP contribution in [0.4, 0.5) is 0 Å². The van der Waals surface area contributed by atoms with Crippen molar-refractivity contribution < 1.29 is 9.53 Å². The minimum Gasteiger partial charge on any atom is -0.481 e. The highest BCUT2D eigenvalue weighted by Gasteiger charge is 2.18. The van der Waals surface area contributed by atoms with Crippen molar-refractivity contribution in [3.63, 3.8) is 0 Å². The monoisotopic (exact) mass is 269 g/mol. The van der Waals surface area contributed by atoms with Crippen molar-refractivity contribution in [3.8, 4) is 5.75 Å². The average Bonchev–Trinajstić information content (AvgIpc) is 2.28. The van der Waals surface area contributed by atoms with Crippen molar-refractivity contribution in [2.75, 3.05) is 0 Å². The molecule has 0 spiro atoms. The fourth-order valence-corrected chi connectivity index (χ4v) is 1.49. The van der Waals surface area contributed by atoms with E-state index in [0.717, 1.165) is 0 Å². The van der Waals surface area contributed by atoms with E-state index in [1.807, 2.05) is 6.92 Å². The number of benzene rings is 1. The van der Waals surface area contributed by atoms with Crippen molar-refractivity contribution in [2.24, 2.45) is 5.92 Å². The lowest BCUT2D eigenvalue weighted by molar-refractivity contribution is -0.128. The molecule has 0 aliphatic carbocycles. The molecule has 1 N–H and O–H groups in total. The minimum atomic E-state index is -0.537. The molecule has 0 aromatic heterocycles. The van der Waals surface area contributed by atoms with E-state index in [-0.39, 0.29) is 11.9 Å². The first kappa shape index (κ1) is 14.8. The normalized spacial score (nSPS) is 14.1. The van der Waals surface area contributed by atoms with E-state index in [9.17, 15) is 4.79 Å². The number of hydrogen-bond acceptors (Lipinski definition) is 2. The summed E-state index contributed by atoms with van der Waals surface area (Å²) in [4.78, 5) is 11.9. The second-order valence-electron chi connectivity index (χ2n) is 4.76. The molecule has 0 unspecified atom stereocenters. The molecule has 0 radical (unpaired) electrons. The zero-order valence-electron chi connectivity index (χ0n) is 11.2. The SMILES string of the molecule is CC(C)[C@H](C)NC(=O)[C@@H](C)Oc1cccc(Cl)c1. The summed E-state index contributed by atoms with van der Waals surface area (Å²) >= 11 is 5.85. The van der Waals surface area contributed by atoms with Crippen LogP contribution in [-0.4, -0.2) is 18.1 Å². The summed E-state index contributed by atoms with van der Waals surface area (Å²) in [5.41, 5.74) is 0. The topological polar surface area (TPSA) is 38.3 Å². The van der Waals surface area contributed by atoms with E-state index >= 15 is 0 Å². The third kappa shape index (κ3) is 4.57. The second kappa shape index (κ2) is 6.64. The van der Waals surface area contributed by atoms with Gasteiger partial charge in [-0.3, -0.25) is 4.79 Å². The van der Waals surface area contributed by atoms with Gasteiger partial charge < -0.3 is 10.1 Å². The Hall–Kier alpha value is -1.22. The lowest BCUT2D eigenvalue weighted by Gasteiger charge is -2.21. The zero-order valence-corrected chi connectivity index (χ0v) is 12.0. The van der Waals surface area contributed by atoms with E-state index < -0.39 is 6.10 Å². The molecule has 0 bridgehead atoms. The summed E-state index contributed by atoms with van der Waals surface area (Å²) in [7, 11) is 0. The maximum atomic E-state index is 11.9. The molecule has 3 nitrogen and oxygen atoms in total. The van der Waals surface area contributed by atoms with Gasteiger partial charge in [-0.2, -0.15) is 0 Å². The molecule has 1 aromatic rings. The van der Waals surface area contributed by atoms with Crippen LogP contribution in [0, 0.1) is 5.92 Å². The van der Waals surface area contributed by atoms with Crippen LogP contribution in [-0.2, 0) is 4.79 Å². The lowest BCUT2D eigenvalue weighted by atomic mass is 10.1. The Morgan fingerprint density at radius 2 is 1.94 bits per heavy atom. The quantitative estimate of drug-likeness (QED) is 0.891. The highest BCUT2D eigenvalue weighted by molar-refractivity contribution is 6.30. The maximum Gasteiger partial charge on any atom is 0.260 e. The number of amides is 1. The van der Waals surface area contributed by atoms with Crippen LogP contribution in [0.1, 0.15) is 27.7 Å². The Kier molecular flexibility index (Phi) is 5.48. The molecule has 100 valence electrons. The van der Waals surface area contributed by atoms with E-state index in [0.29, 0.717) is 16.7 Å². The van der Waals surface area contributed by atoms with Gasteiger partial charge in [-0.1, -0.05) is 31.5 Å². The van der Waals surface area contributed by atoms with Crippen molar-refractivity contribution in [1.29, 1.82) is 0 Å². The predicted octanol–water partition coefficient (Wildman–Crippen LogP) is 3.27. The largest absolute Gasteiger partial charge is 0.481 e. The van der Waals surface area contributed by atoms with Crippen LogP contribution < -0.4 is 10.1 Å². The molecular formula is C14H20ClNO2. The molecule has 1 aromatic carbocycles. The standard InChI is InChI=1S/C14H20ClNO2/c1-9(2)10(3)16-14(17)11(4)18-13-7-5-6-12(15)8-13/h5-11H,1-4H3,(H,16,17)/t10-,11+/m0/s1. The maximum absolute atomic E-state index is 11.9. The Balaban J connectivity index is 2.55. The molecule has 4 heteroatoms. The smallest absolute Gasteiger partial charge is 0.260 e. The predicted molar refractivity (Wildman–Crippen MR) is 74.0 cm³/mol. The first-order chi connectivity index (χ1) is 8.40. The van der Waals surface area contributed by atoms with E-state index in [1.54, 1.807) is 31.2 Å². The first-order valence-corrected chi connectivity index (χ1v) is 6.50. The third-order valence-corrected chi connectivity index (χ3v) is 3.08. The van der Waals surface area contributed by atoms with Crippen molar-refractivity contribution >= 4 is 17.5 Å². The van der Waals surface area contributed by atoms with Gasteiger partial charge in [0.1, 0.15) is 5.75 Å². The van der Waals surface area contributed by atoms with Gasteiger partial charge in [-0.05, 0) is 38.0 Å². The van der Waals surface area contributed by atoms with Gasteiger partial charge in [0.25, 0.3) is 5.91 Å². The van der Waals surface area contributed by atoms with Crippen molar-refractivity contribution in [2.45, 2.75) is 39.8 Å². The zero-order chi connectivity index (χ0) is 13.7. The van der Waals surface area contributed by atoms with Gasteiger partial charge in [0.15, 0.2) is 6.10 Å². The summed E-state index contributed by atoms with van der Waals surface area (Å²) in [6.45, 7) is 7.83.